The summed E-state index contributed by atoms with van der Waals surface area (Å²) < 4.78 is 26.7. The van der Waals surface area contributed by atoms with Crippen LogP contribution < -0.4 is 9.62 Å². The third-order valence-electron chi connectivity index (χ3n) is 4.23. The molecule has 0 radical (unpaired) electrons. The van der Waals surface area contributed by atoms with Crippen LogP contribution in [0.3, 0.4) is 0 Å². The SMILES string of the molecule is O=S(=O)(NCC1CN(c2ccc(-c3ccncc3)nn2)C1)c1cnc[nH]1. The average Bonchev–Trinajstić information content (AvgIpc) is 3.17. The number of pyridine rings is 1. The number of aromatic amines is 1. The number of hydrogen-bond acceptors (Lipinski definition) is 7. The van der Waals surface area contributed by atoms with E-state index >= 15 is 0 Å². The summed E-state index contributed by atoms with van der Waals surface area (Å²) in [6.07, 6.45) is 6.06. The summed E-state index contributed by atoms with van der Waals surface area (Å²) >= 11 is 0. The van der Waals surface area contributed by atoms with Gasteiger partial charge in [-0.1, -0.05) is 0 Å². The van der Waals surface area contributed by atoms with Crippen LogP contribution in [0.25, 0.3) is 11.3 Å². The number of aromatic nitrogens is 5. The van der Waals surface area contributed by atoms with Gasteiger partial charge in [0.15, 0.2) is 10.8 Å². The van der Waals surface area contributed by atoms with Crippen LogP contribution in [0.1, 0.15) is 0 Å². The number of sulfonamides is 1. The summed E-state index contributed by atoms with van der Waals surface area (Å²) in [6.45, 7) is 1.84. The highest BCUT2D eigenvalue weighted by molar-refractivity contribution is 7.89. The Kier molecular flexibility index (Phi) is 4.35. The Morgan fingerprint density at radius 2 is 1.92 bits per heavy atom. The molecule has 0 saturated carbocycles. The predicted octanol–water partition coefficient (Wildman–Crippen LogP) is 0.676. The molecule has 0 aliphatic carbocycles. The fraction of sp³-hybridized carbons (Fsp3) is 0.250. The second-order valence-corrected chi connectivity index (χ2v) is 7.79. The maximum atomic E-state index is 12.0. The molecule has 4 heterocycles. The van der Waals surface area contributed by atoms with Crippen LogP contribution in [-0.2, 0) is 10.0 Å². The number of nitrogens with zero attached hydrogens (tertiary/aromatic N) is 5. The van der Waals surface area contributed by atoms with Crippen molar-refractivity contribution in [1.29, 1.82) is 0 Å². The van der Waals surface area contributed by atoms with Gasteiger partial charge in [0, 0.05) is 43.5 Å². The average molecular weight is 371 g/mol. The Labute approximate surface area is 150 Å². The van der Waals surface area contributed by atoms with Gasteiger partial charge in [-0.3, -0.25) is 4.98 Å². The number of H-pyrrole nitrogens is 1. The van der Waals surface area contributed by atoms with Crippen LogP contribution in [0.5, 0.6) is 0 Å². The molecule has 0 amide bonds. The molecule has 1 fully saturated rings. The molecule has 3 aromatic heterocycles. The van der Waals surface area contributed by atoms with Crippen molar-refractivity contribution in [3.05, 3.63) is 49.2 Å². The Morgan fingerprint density at radius 1 is 1.12 bits per heavy atom. The number of hydrogen-bond donors (Lipinski definition) is 2. The van der Waals surface area contributed by atoms with E-state index in [9.17, 15) is 8.42 Å². The Hall–Kier alpha value is -2.85. The summed E-state index contributed by atoms with van der Waals surface area (Å²) in [4.78, 5) is 12.4. The first-order chi connectivity index (χ1) is 12.6. The van der Waals surface area contributed by atoms with Crippen LogP contribution in [0, 0.1) is 5.92 Å². The van der Waals surface area contributed by atoms with E-state index in [1.165, 1.54) is 12.5 Å². The lowest BCUT2D eigenvalue weighted by Crippen LogP contribution is -2.51. The summed E-state index contributed by atoms with van der Waals surface area (Å²) in [5.74, 6) is 1.02. The first kappa shape index (κ1) is 16.6. The van der Waals surface area contributed by atoms with E-state index in [4.69, 9.17) is 0 Å². The van der Waals surface area contributed by atoms with E-state index in [0.29, 0.717) is 6.54 Å². The molecule has 26 heavy (non-hydrogen) atoms. The van der Waals surface area contributed by atoms with Crippen molar-refractivity contribution < 1.29 is 8.42 Å². The fourth-order valence-electron chi connectivity index (χ4n) is 2.75. The van der Waals surface area contributed by atoms with Crippen molar-refractivity contribution in [2.75, 3.05) is 24.5 Å². The summed E-state index contributed by atoms with van der Waals surface area (Å²) in [5, 5.41) is 8.59. The Bertz CT molecular complexity index is 954. The van der Waals surface area contributed by atoms with Crippen molar-refractivity contribution in [3.63, 3.8) is 0 Å². The fourth-order valence-corrected chi connectivity index (χ4v) is 3.77. The minimum Gasteiger partial charge on any atom is -0.354 e. The maximum Gasteiger partial charge on any atom is 0.257 e. The first-order valence-corrected chi connectivity index (χ1v) is 9.57. The Morgan fingerprint density at radius 3 is 2.58 bits per heavy atom. The quantitative estimate of drug-likeness (QED) is 0.654. The van der Waals surface area contributed by atoms with E-state index in [1.807, 2.05) is 24.3 Å². The largest absolute Gasteiger partial charge is 0.354 e. The monoisotopic (exact) mass is 371 g/mol. The van der Waals surface area contributed by atoms with Crippen molar-refractivity contribution in [2.45, 2.75) is 5.03 Å². The molecule has 134 valence electrons. The van der Waals surface area contributed by atoms with Crippen molar-refractivity contribution in [1.82, 2.24) is 29.9 Å². The second-order valence-electron chi connectivity index (χ2n) is 6.05. The van der Waals surface area contributed by atoms with Gasteiger partial charge in [0.2, 0.25) is 0 Å². The van der Waals surface area contributed by atoms with E-state index in [-0.39, 0.29) is 10.9 Å². The molecule has 10 heteroatoms. The standard InChI is InChI=1S/C16H17N7O2S/c24-26(25,16-8-18-11-19-16)20-7-12-9-23(10-12)15-2-1-14(21-22-15)13-3-5-17-6-4-13/h1-6,8,11-12,20H,7,9-10H2,(H,18,19). The van der Waals surface area contributed by atoms with Crippen molar-refractivity contribution >= 4 is 15.8 Å². The minimum absolute atomic E-state index is 0.0752. The van der Waals surface area contributed by atoms with Gasteiger partial charge in [-0.2, -0.15) is 0 Å². The molecular formula is C16H17N7O2S. The van der Waals surface area contributed by atoms with Crippen LogP contribution >= 0.6 is 0 Å². The second kappa shape index (κ2) is 6.81. The molecule has 0 atom stereocenters. The lowest BCUT2D eigenvalue weighted by atomic mass is 10.0. The molecule has 3 aromatic rings. The number of anilines is 1. The van der Waals surface area contributed by atoms with E-state index in [1.54, 1.807) is 12.4 Å². The molecule has 0 spiro atoms. The molecule has 4 rings (SSSR count). The van der Waals surface area contributed by atoms with Gasteiger partial charge in [0.05, 0.1) is 18.2 Å². The number of imidazole rings is 1. The van der Waals surface area contributed by atoms with Gasteiger partial charge in [-0.25, -0.2) is 18.1 Å². The molecule has 2 N–H and O–H groups in total. The zero-order chi connectivity index (χ0) is 18.0. The van der Waals surface area contributed by atoms with Crippen LogP contribution in [-0.4, -0.2) is 53.2 Å². The molecule has 0 unspecified atom stereocenters. The molecule has 0 bridgehead atoms. The molecule has 1 saturated heterocycles. The lowest BCUT2D eigenvalue weighted by molar-refractivity contribution is 0.402. The molecule has 1 aliphatic heterocycles. The van der Waals surface area contributed by atoms with Crippen molar-refractivity contribution in [3.8, 4) is 11.3 Å². The van der Waals surface area contributed by atoms with Gasteiger partial charge in [-0.05, 0) is 24.3 Å². The van der Waals surface area contributed by atoms with Gasteiger partial charge in [0.1, 0.15) is 0 Å². The highest BCUT2D eigenvalue weighted by Gasteiger charge is 2.29. The molecular weight excluding hydrogens is 354 g/mol. The van der Waals surface area contributed by atoms with Gasteiger partial charge in [-0.15, -0.1) is 10.2 Å². The molecule has 1 aliphatic rings. The predicted molar refractivity (Wildman–Crippen MR) is 94.7 cm³/mol. The highest BCUT2D eigenvalue weighted by Crippen LogP contribution is 2.24. The summed E-state index contributed by atoms with van der Waals surface area (Å²) in [7, 11) is -3.53. The summed E-state index contributed by atoms with van der Waals surface area (Å²) in [5.41, 5.74) is 1.76. The third kappa shape index (κ3) is 3.41. The van der Waals surface area contributed by atoms with Gasteiger partial charge < -0.3 is 9.88 Å². The summed E-state index contributed by atoms with van der Waals surface area (Å²) in [6, 6.07) is 7.62. The minimum atomic E-state index is -3.53. The van der Waals surface area contributed by atoms with E-state index in [2.05, 4.69) is 34.8 Å². The van der Waals surface area contributed by atoms with E-state index < -0.39 is 10.0 Å². The number of rotatable bonds is 6. The smallest absolute Gasteiger partial charge is 0.257 e. The Balaban J connectivity index is 1.31. The van der Waals surface area contributed by atoms with Gasteiger partial charge >= 0.3 is 0 Å². The zero-order valence-corrected chi connectivity index (χ0v) is 14.6. The van der Waals surface area contributed by atoms with Crippen LogP contribution in [0.4, 0.5) is 5.82 Å². The maximum absolute atomic E-state index is 12.0. The normalized spacial score (nSPS) is 15.0. The van der Waals surface area contributed by atoms with E-state index in [0.717, 1.165) is 30.2 Å². The van der Waals surface area contributed by atoms with Crippen LogP contribution in [0.2, 0.25) is 0 Å². The number of nitrogens with one attached hydrogen (secondary N) is 2. The molecule has 9 nitrogen and oxygen atoms in total. The third-order valence-corrected chi connectivity index (χ3v) is 5.58. The topological polar surface area (TPSA) is 117 Å². The highest BCUT2D eigenvalue weighted by atomic mass is 32.2. The molecule has 0 aromatic carbocycles. The zero-order valence-electron chi connectivity index (χ0n) is 13.8. The van der Waals surface area contributed by atoms with Crippen LogP contribution in [0.15, 0.2) is 54.2 Å². The van der Waals surface area contributed by atoms with Gasteiger partial charge in [0.25, 0.3) is 10.0 Å². The first-order valence-electron chi connectivity index (χ1n) is 8.09. The lowest BCUT2D eigenvalue weighted by Gasteiger charge is -2.39. The van der Waals surface area contributed by atoms with Crippen molar-refractivity contribution in [2.24, 2.45) is 5.92 Å².